The van der Waals surface area contributed by atoms with Gasteiger partial charge in [-0.25, -0.2) is 0 Å². The fourth-order valence-electron chi connectivity index (χ4n) is 3.12. The van der Waals surface area contributed by atoms with E-state index < -0.39 is 5.97 Å². The number of carboxylic acids is 1. The highest BCUT2D eigenvalue weighted by Crippen LogP contribution is 2.31. The second-order valence-corrected chi connectivity index (χ2v) is 5.90. The van der Waals surface area contributed by atoms with Crippen molar-refractivity contribution in [2.45, 2.75) is 32.2 Å². The lowest BCUT2D eigenvalue weighted by Gasteiger charge is -2.29. The van der Waals surface area contributed by atoms with Crippen LogP contribution in [0.4, 0.5) is 0 Å². The Morgan fingerprint density at radius 1 is 1.27 bits per heavy atom. The molecular weight excluding hydrogens is 282 g/mol. The molecule has 5 nitrogen and oxygen atoms in total. The van der Waals surface area contributed by atoms with Crippen LogP contribution in [0.1, 0.15) is 31.2 Å². The van der Waals surface area contributed by atoms with Crippen molar-refractivity contribution >= 4 is 11.9 Å². The molecule has 120 valence electrons. The van der Waals surface area contributed by atoms with Crippen molar-refractivity contribution in [2.24, 2.45) is 11.8 Å². The van der Waals surface area contributed by atoms with Crippen LogP contribution in [0.5, 0.6) is 5.75 Å². The van der Waals surface area contributed by atoms with E-state index in [-0.39, 0.29) is 17.7 Å². The third-order valence-corrected chi connectivity index (χ3v) is 4.35. The lowest BCUT2D eigenvalue weighted by Crippen LogP contribution is -2.36. The van der Waals surface area contributed by atoms with Crippen molar-refractivity contribution < 1.29 is 19.4 Å². The summed E-state index contributed by atoms with van der Waals surface area (Å²) in [6.07, 6.45) is 2.70. The number of para-hydroxylation sites is 1. The molecule has 0 unspecified atom stereocenters. The molecule has 1 aromatic carbocycles. The molecule has 1 fully saturated rings. The number of carbonyl (C=O) groups excluding carboxylic acids is 1. The number of ether oxygens (including phenoxy) is 1. The molecule has 0 radical (unpaired) electrons. The third kappa shape index (κ3) is 3.78. The molecule has 2 atom stereocenters. The number of methoxy groups -OCH3 is 1. The van der Waals surface area contributed by atoms with Gasteiger partial charge >= 0.3 is 5.97 Å². The van der Waals surface area contributed by atoms with Crippen LogP contribution in [-0.2, 0) is 16.1 Å². The standard InChI is InChI=1S/C17H23NO4/c1-18(11-14-6-3-4-9-15(14)22-2)16(19)12-7-5-8-13(10-12)17(20)21/h3-4,6,9,12-13H,5,7-8,10-11H2,1-2H3,(H,20,21)/t12-,13+/m0/s1. The molecule has 2 rings (SSSR count). The quantitative estimate of drug-likeness (QED) is 0.908. The minimum absolute atomic E-state index is 0.0249. The monoisotopic (exact) mass is 305 g/mol. The molecular formula is C17H23NO4. The van der Waals surface area contributed by atoms with Gasteiger partial charge in [0.1, 0.15) is 5.75 Å². The van der Waals surface area contributed by atoms with E-state index in [1.807, 2.05) is 24.3 Å². The Labute approximate surface area is 130 Å². The number of hydrogen-bond donors (Lipinski definition) is 1. The fraction of sp³-hybridized carbons (Fsp3) is 0.529. The lowest BCUT2D eigenvalue weighted by atomic mass is 9.81. The minimum Gasteiger partial charge on any atom is -0.496 e. The lowest BCUT2D eigenvalue weighted by molar-refractivity contribution is -0.145. The van der Waals surface area contributed by atoms with Gasteiger partial charge in [-0.15, -0.1) is 0 Å². The SMILES string of the molecule is COc1ccccc1CN(C)C(=O)[C@H]1CCC[C@@H](C(=O)O)C1. The molecule has 1 aromatic rings. The van der Waals surface area contributed by atoms with Crippen LogP contribution >= 0.6 is 0 Å². The van der Waals surface area contributed by atoms with Gasteiger partial charge in [0, 0.05) is 25.1 Å². The zero-order chi connectivity index (χ0) is 16.1. The molecule has 1 aliphatic carbocycles. The van der Waals surface area contributed by atoms with E-state index in [1.165, 1.54) is 0 Å². The third-order valence-electron chi connectivity index (χ3n) is 4.35. The van der Waals surface area contributed by atoms with Crippen molar-refractivity contribution in [3.8, 4) is 5.75 Å². The Hall–Kier alpha value is -2.04. The van der Waals surface area contributed by atoms with Crippen LogP contribution in [0.15, 0.2) is 24.3 Å². The van der Waals surface area contributed by atoms with Gasteiger partial charge in [0.25, 0.3) is 0 Å². The summed E-state index contributed by atoms with van der Waals surface area (Å²) in [5.41, 5.74) is 0.950. The summed E-state index contributed by atoms with van der Waals surface area (Å²) in [6, 6.07) is 7.61. The topological polar surface area (TPSA) is 66.8 Å². The molecule has 0 bridgehead atoms. The van der Waals surface area contributed by atoms with E-state index in [0.717, 1.165) is 24.2 Å². The average molecular weight is 305 g/mol. The average Bonchev–Trinajstić information content (AvgIpc) is 2.54. The molecule has 1 saturated carbocycles. The Morgan fingerprint density at radius 2 is 1.95 bits per heavy atom. The number of carbonyl (C=O) groups is 2. The molecule has 5 heteroatoms. The van der Waals surface area contributed by atoms with Crippen molar-refractivity contribution in [1.29, 1.82) is 0 Å². The van der Waals surface area contributed by atoms with E-state index in [9.17, 15) is 9.59 Å². The Kier molecular flexibility index (Phi) is 5.41. The Morgan fingerprint density at radius 3 is 2.64 bits per heavy atom. The molecule has 0 aliphatic heterocycles. The fourth-order valence-corrected chi connectivity index (χ4v) is 3.12. The molecule has 0 aromatic heterocycles. The maximum atomic E-state index is 12.6. The first-order valence-corrected chi connectivity index (χ1v) is 7.62. The molecule has 1 amide bonds. The van der Waals surface area contributed by atoms with Crippen molar-refractivity contribution in [1.82, 2.24) is 4.90 Å². The summed E-state index contributed by atoms with van der Waals surface area (Å²) >= 11 is 0. The van der Waals surface area contributed by atoms with Crippen LogP contribution in [0.3, 0.4) is 0 Å². The maximum absolute atomic E-state index is 12.6. The number of rotatable bonds is 5. The number of hydrogen-bond acceptors (Lipinski definition) is 3. The second-order valence-electron chi connectivity index (χ2n) is 5.90. The first-order valence-electron chi connectivity index (χ1n) is 7.62. The van der Waals surface area contributed by atoms with E-state index in [0.29, 0.717) is 19.4 Å². The zero-order valence-electron chi connectivity index (χ0n) is 13.1. The van der Waals surface area contributed by atoms with Crippen molar-refractivity contribution in [3.05, 3.63) is 29.8 Å². The van der Waals surface area contributed by atoms with E-state index >= 15 is 0 Å². The number of nitrogens with zero attached hydrogens (tertiary/aromatic N) is 1. The van der Waals surface area contributed by atoms with Gasteiger partial charge < -0.3 is 14.7 Å². The summed E-state index contributed by atoms with van der Waals surface area (Å²) in [7, 11) is 3.37. The van der Waals surface area contributed by atoms with Crippen LogP contribution in [0, 0.1) is 11.8 Å². The maximum Gasteiger partial charge on any atom is 0.306 e. The number of amides is 1. The first kappa shape index (κ1) is 16.3. The number of benzene rings is 1. The van der Waals surface area contributed by atoms with Gasteiger partial charge in [-0.05, 0) is 25.3 Å². The zero-order valence-corrected chi connectivity index (χ0v) is 13.1. The van der Waals surface area contributed by atoms with Gasteiger partial charge in [0.05, 0.1) is 13.0 Å². The molecule has 0 heterocycles. The minimum atomic E-state index is -0.787. The summed E-state index contributed by atoms with van der Waals surface area (Å²) in [4.78, 5) is 25.4. The predicted octanol–water partition coefficient (Wildman–Crippen LogP) is 2.54. The smallest absolute Gasteiger partial charge is 0.306 e. The van der Waals surface area contributed by atoms with Gasteiger partial charge in [-0.2, -0.15) is 0 Å². The Bertz CT molecular complexity index is 543. The van der Waals surface area contributed by atoms with Crippen LogP contribution in [0.2, 0.25) is 0 Å². The molecule has 22 heavy (non-hydrogen) atoms. The van der Waals surface area contributed by atoms with Crippen LogP contribution in [-0.4, -0.2) is 36.0 Å². The summed E-state index contributed by atoms with van der Waals surface area (Å²) in [5.74, 6) is -0.576. The van der Waals surface area contributed by atoms with Gasteiger partial charge in [-0.3, -0.25) is 9.59 Å². The molecule has 0 saturated heterocycles. The molecule has 1 aliphatic rings. The van der Waals surface area contributed by atoms with Crippen molar-refractivity contribution in [2.75, 3.05) is 14.2 Å². The molecule has 1 N–H and O–H groups in total. The van der Waals surface area contributed by atoms with E-state index in [4.69, 9.17) is 9.84 Å². The van der Waals surface area contributed by atoms with Gasteiger partial charge in [0.15, 0.2) is 0 Å². The van der Waals surface area contributed by atoms with Gasteiger partial charge in [-0.1, -0.05) is 24.6 Å². The van der Waals surface area contributed by atoms with Crippen molar-refractivity contribution in [3.63, 3.8) is 0 Å². The Balaban J connectivity index is 2.01. The number of aliphatic carboxylic acids is 1. The van der Waals surface area contributed by atoms with E-state index in [2.05, 4.69) is 0 Å². The van der Waals surface area contributed by atoms with Crippen LogP contribution in [0.25, 0.3) is 0 Å². The highest BCUT2D eigenvalue weighted by atomic mass is 16.5. The number of carboxylic acid groups (broad SMARTS) is 1. The predicted molar refractivity (Wildman–Crippen MR) is 82.6 cm³/mol. The van der Waals surface area contributed by atoms with E-state index in [1.54, 1.807) is 19.1 Å². The summed E-state index contributed by atoms with van der Waals surface area (Å²) in [6.45, 7) is 0.469. The molecule has 0 spiro atoms. The normalized spacial score (nSPS) is 21.2. The largest absolute Gasteiger partial charge is 0.496 e. The highest BCUT2D eigenvalue weighted by Gasteiger charge is 2.32. The summed E-state index contributed by atoms with van der Waals surface area (Å²) < 4.78 is 5.30. The van der Waals surface area contributed by atoms with Gasteiger partial charge in [0.2, 0.25) is 5.91 Å². The van der Waals surface area contributed by atoms with Crippen LogP contribution < -0.4 is 4.74 Å². The second kappa shape index (κ2) is 7.29. The first-order chi connectivity index (χ1) is 10.5. The summed E-state index contributed by atoms with van der Waals surface area (Å²) in [5, 5.41) is 9.14. The highest BCUT2D eigenvalue weighted by molar-refractivity contribution is 5.80.